The zero-order chi connectivity index (χ0) is 20.8. The summed E-state index contributed by atoms with van der Waals surface area (Å²) < 4.78 is 0. The molecule has 0 aliphatic carbocycles. The molecule has 2 N–H and O–H groups in total. The van der Waals surface area contributed by atoms with E-state index in [4.69, 9.17) is 0 Å². The predicted molar refractivity (Wildman–Crippen MR) is 120 cm³/mol. The van der Waals surface area contributed by atoms with Gasteiger partial charge in [0.1, 0.15) is 0 Å². The van der Waals surface area contributed by atoms with Crippen LogP contribution in [0.5, 0.6) is 0 Å². The molecule has 3 aromatic heterocycles. The fourth-order valence-corrected chi connectivity index (χ4v) is 3.78. The first kappa shape index (κ1) is 19.7. The van der Waals surface area contributed by atoms with Crippen molar-refractivity contribution in [3.05, 3.63) is 76.4 Å². The van der Waals surface area contributed by atoms with Gasteiger partial charge < -0.3 is 5.32 Å². The molecule has 6 nitrogen and oxygen atoms in total. The lowest BCUT2D eigenvalue weighted by Gasteiger charge is -2.05. The smallest absolute Gasteiger partial charge is 0.224 e. The van der Waals surface area contributed by atoms with Gasteiger partial charge in [0.2, 0.25) is 5.91 Å². The highest BCUT2D eigenvalue weighted by Crippen LogP contribution is 2.22. The number of hydrogen-bond acceptors (Lipinski definition) is 5. The molecule has 4 aromatic rings. The summed E-state index contributed by atoms with van der Waals surface area (Å²) in [7, 11) is 0. The van der Waals surface area contributed by atoms with Gasteiger partial charge in [0, 0.05) is 36.3 Å². The summed E-state index contributed by atoms with van der Waals surface area (Å²) in [5.41, 5.74) is 3.36. The van der Waals surface area contributed by atoms with Gasteiger partial charge >= 0.3 is 0 Å². The molecule has 0 fully saturated rings. The molecule has 0 aliphatic heterocycles. The second kappa shape index (κ2) is 9.28. The molecule has 30 heavy (non-hydrogen) atoms. The molecular weight excluding hydrogens is 396 g/mol. The van der Waals surface area contributed by atoms with Crippen molar-refractivity contribution in [3.8, 4) is 0 Å². The van der Waals surface area contributed by atoms with Crippen LogP contribution in [0.25, 0.3) is 23.1 Å². The first-order chi connectivity index (χ1) is 14.7. The van der Waals surface area contributed by atoms with Gasteiger partial charge in [-0.15, -0.1) is 11.3 Å². The highest BCUT2D eigenvalue weighted by Gasteiger charge is 2.10. The summed E-state index contributed by atoms with van der Waals surface area (Å²) in [6.07, 6.45) is 8.56. The number of nitrogens with one attached hydrogen (secondary N) is 2. The average molecular weight is 417 g/mol. The molecule has 7 heteroatoms. The van der Waals surface area contributed by atoms with Crippen molar-refractivity contribution in [2.45, 2.75) is 19.3 Å². The topological polar surface area (TPSA) is 87.7 Å². The third-order valence-electron chi connectivity index (χ3n) is 4.60. The summed E-state index contributed by atoms with van der Waals surface area (Å²) in [5.74, 6) is -0.0214. The zero-order valence-corrected chi connectivity index (χ0v) is 17.0. The molecule has 0 aliphatic rings. The summed E-state index contributed by atoms with van der Waals surface area (Å²) in [5, 5.41) is 13.1. The number of nitrogens with zero attached hydrogens (tertiary/aromatic N) is 2. The summed E-state index contributed by atoms with van der Waals surface area (Å²) in [6, 6.07) is 13.1. The molecule has 0 spiro atoms. The first-order valence-electron chi connectivity index (χ1n) is 9.62. The number of aromatic nitrogens is 3. The van der Waals surface area contributed by atoms with E-state index >= 15 is 0 Å². The second-order valence-electron chi connectivity index (χ2n) is 6.79. The van der Waals surface area contributed by atoms with Crippen molar-refractivity contribution in [1.82, 2.24) is 15.2 Å². The number of aromatic amines is 1. The lowest BCUT2D eigenvalue weighted by Crippen LogP contribution is -2.11. The maximum Gasteiger partial charge on any atom is 0.224 e. The Bertz CT molecular complexity index is 1180. The van der Waals surface area contributed by atoms with Crippen molar-refractivity contribution in [3.63, 3.8) is 0 Å². The number of Topliss-reactive ketones (excluding diaryl/α,β-unsaturated/α-hetero) is 1. The van der Waals surface area contributed by atoms with Crippen LogP contribution in [0.1, 0.15) is 40.2 Å². The van der Waals surface area contributed by atoms with E-state index in [0.717, 1.165) is 27.0 Å². The number of carbonyl (C=O) groups excluding carboxylic acids is 2. The minimum atomic E-state index is -0.107. The van der Waals surface area contributed by atoms with Crippen LogP contribution in [0.3, 0.4) is 0 Å². The van der Waals surface area contributed by atoms with Gasteiger partial charge in [-0.25, -0.2) is 0 Å². The van der Waals surface area contributed by atoms with Gasteiger partial charge in [-0.3, -0.25) is 19.7 Å². The van der Waals surface area contributed by atoms with Gasteiger partial charge in [-0.1, -0.05) is 18.2 Å². The predicted octanol–water partition coefficient (Wildman–Crippen LogP) is 5.18. The first-order valence-corrected chi connectivity index (χ1v) is 10.5. The quantitative estimate of drug-likeness (QED) is 0.387. The molecule has 0 saturated carbocycles. The summed E-state index contributed by atoms with van der Waals surface area (Å²) in [6.45, 7) is 0. The molecular formula is C23H20N4O2S. The molecule has 0 unspecified atom stereocenters. The summed E-state index contributed by atoms with van der Waals surface area (Å²) >= 11 is 1.43. The van der Waals surface area contributed by atoms with Crippen LogP contribution in [-0.4, -0.2) is 26.9 Å². The van der Waals surface area contributed by atoms with E-state index in [9.17, 15) is 9.59 Å². The van der Waals surface area contributed by atoms with E-state index in [0.29, 0.717) is 24.9 Å². The van der Waals surface area contributed by atoms with E-state index in [1.54, 1.807) is 12.4 Å². The third-order valence-corrected chi connectivity index (χ3v) is 5.51. The van der Waals surface area contributed by atoms with Crippen LogP contribution in [-0.2, 0) is 4.79 Å². The van der Waals surface area contributed by atoms with Crippen LogP contribution in [0, 0.1) is 0 Å². The van der Waals surface area contributed by atoms with E-state index in [1.807, 2.05) is 60.0 Å². The maximum absolute atomic E-state index is 12.3. The molecule has 4 rings (SSSR count). The van der Waals surface area contributed by atoms with E-state index < -0.39 is 0 Å². The fraction of sp³-hybridized carbons (Fsp3) is 0.130. The van der Waals surface area contributed by atoms with Crippen LogP contribution in [0.4, 0.5) is 5.69 Å². The Hall–Kier alpha value is -3.58. The van der Waals surface area contributed by atoms with Crippen molar-refractivity contribution in [2.75, 3.05) is 5.32 Å². The standard InChI is InChI=1S/C23H20N4O2S/c28-21(22-6-3-13-30-22)5-1-7-23(29)25-17-9-11-20-18(14-17)19(26-27-20)10-8-16-4-2-12-24-15-16/h2-4,6,8-15H,1,5,7H2,(H,25,29)(H,26,27)/b10-8+. The summed E-state index contributed by atoms with van der Waals surface area (Å²) in [4.78, 5) is 29.1. The largest absolute Gasteiger partial charge is 0.326 e. The van der Waals surface area contributed by atoms with Crippen LogP contribution in [0.2, 0.25) is 0 Å². The number of rotatable bonds is 8. The van der Waals surface area contributed by atoms with E-state index in [-0.39, 0.29) is 11.7 Å². The minimum absolute atomic E-state index is 0.0858. The lowest BCUT2D eigenvalue weighted by atomic mass is 10.1. The van der Waals surface area contributed by atoms with Crippen molar-refractivity contribution >= 4 is 51.8 Å². The molecule has 0 radical (unpaired) electrons. The second-order valence-corrected chi connectivity index (χ2v) is 7.74. The van der Waals surface area contributed by atoms with Crippen LogP contribution >= 0.6 is 11.3 Å². The van der Waals surface area contributed by atoms with Crippen LogP contribution < -0.4 is 5.32 Å². The monoisotopic (exact) mass is 416 g/mol. The molecule has 0 bridgehead atoms. The molecule has 150 valence electrons. The van der Waals surface area contributed by atoms with Gasteiger partial charge in [0.25, 0.3) is 0 Å². The number of H-pyrrole nitrogens is 1. The molecule has 1 aromatic carbocycles. The van der Waals surface area contributed by atoms with Gasteiger partial charge in [-0.2, -0.15) is 5.10 Å². The van der Waals surface area contributed by atoms with Gasteiger partial charge in [-0.05, 0) is 53.8 Å². The fourth-order valence-electron chi connectivity index (χ4n) is 3.08. The molecule has 0 atom stereocenters. The normalized spacial score (nSPS) is 11.2. The number of pyridine rings is 1. The SMILES string of the molecule is O=C(CCCC(=O)c1cccs1)Nc1ccc2[nH]nc(/C=C/c3cccnc3)c2c1. The number of benzene rings is 1. The number of amides is 1. The highest BCUT2D eigenvalue weighted by atomic mass is 32.1. The van der Waals surface area contributed by atoms with Gasteiger partial charge in [0.15, 0.2) is 5.78 Å². The number of anilines is 1. The molecule has 1 amide bonds. The third kappa shape index (κ3) is 4.87. The Morgan fingerprint density at radius 1 is 1.10 bits per heavy atom. The Balaban J connectivity index is 1.37. The maximum atomic E-state index is 12.3. The zero-order valence-electron chi connectivity index (χ0n) is 16.2. The Morgan fingerprint density at radius 2 is 2.03 bits per heavy atom. The number of ketones is 1. The number of fused-ring (bicyclic) bond motifs is 1. The highest BCUT2D eigenvalue weighted by molar-refractivity contribution is 7.12. The molecule has 3 heterocycles. The Morgan fingerprint density at radius 3 is 2.83 bits per heavy atom. The lowest BCUT2D eigenvalue weighted by molar-refractivity contribution is -0.116. The number of hydrogen-bond donors (Lipinski definition) is 2. The Labute approximate surface area is 177 Å². The molecule has 0 saturated heterocycles. The van der Waals surface area contributed by atoms with Gasteiger partial charge in [0.05, 0.1) is 16.1 Å². The van der Waals surface area contributed by atoms with Crippen LogP contribution in [0.15, 0.2) is 60.2 Å². The minimum Gasteiger partial charge on any atom is -0.326 e. The average Bonchev–Trinajstić information content (AvgIpc) is 3.43. The van der Waals surface area contributed by atoms with Crippen molar-refractivity contribution in [2.24, 2.45) is 0 Å². The van der Waals surface area contributed by atoms with E-state index in [1.165, 1.54) is 11.3 Å². The number of thiophene rings is 1. The Kier molecular flexibility index (Phi) is 6.10. The van der Waals surface area contributed by atoms with Crippen molar-refractivity contribution < 1.29 is 9.59 Å². The van der Waals surface area contributed by atoms with Crippen molar-refractivity contribution in [1.29, 1.82) is 0 Å². The number of carbonyl (C=O) groups is 2. The van der Waals surface area contributed by atoms with E-state index in [2.05, 4.69) is 20.5 Å².